The third-order valence-corrected chi connectivity index (χ3v) is 3.86. The predicted octanol–water partition coefficient (Wildman–Crippen LogP) is 2.84. The Kier molecular flexibility index (Phi) is 5.43. The van der Waals surface area contributed by atoms with Crippen LogP contribution in [-0.4, -0.2) is 36.3 Å². The van der Waals surface area contributed by atoms with Gasteiger partial charge in [-0.3, -0.25) is 9.59 Å². The lowest BCUT2D eigenvalue weighted by Gasteiger charge is -2.15. The minimum absolute atomic E-state index is 0.152. The van der Waals surface area contributed by atoms with Crippen LogP contribution in [0.5, 0.6) is 0 Å². The molecular formula is C14H16BrClN2O2. The number of hydrogen-bond donors (Lipinski definition) is 1. The number of benzene rings is 1. The first-order chi connectivity index (χ1) is 9.56. The van der Waals surface area contributed by atoms with Gasteiger partial charge in [-0.2, -0.15) is 0 Å². The van der Waals surface area contributed by atoms with E-state index >= 15 is 0 Å². The molecule has 1 fully saturated rings. The minimum atomic E-state index is -0.152. The molecule has 0 atom stereocenters. The minimum Gasteiger partial charge on any atom is -0.352 e. The molecule has 1 aromatic carbocycles. The van der Waals surface area contributed by atoms with E-state index in [0.717, 1.165) is 23.9 Å². The fourth-order valence-corrected chi connectivity index (χ4v) is 3.06. The summed E-state index contributed by atoms with van der Waals surface area (Å²) < 4.78 is 0.776. The lowest BCUT2D eigenvalue weighted by molar-refractivity contribution is -0.127. The van der Waals surface area contributed by atoms with Gasteiger partial charge in [-0.1, -0.05) is 27.5 Å². The van der Waals surface area contributed by atoms with Gasteiger partial charge in [0.15, 0.2) is 0 Å². The SMILES string of the molecule is O=C(NCCCN1CCCC1=O)c1cc(Cl)cc(Br)c1. The molecule has 0 spiro atoms. The molecule has 2 amide bonds. The van der Waals surface area contributed by atoms with Gasteiger partial charge in [-0.25, -0.2) is 0 Å². The van der Waals surface area contributed by atoms with Crippen LogP contribution in [0.15, 0.2) is 22.7 Å². The molecule has 1 aliphatic rings. The second-order valence-corrected chi connectivity index (χ2v) is 6.10. The van der Waals surface area contributed by atoms with Crippen molar-refractivity contribution in [3.8, 4) is 0 Å². The molecule has 0 aliphatic carbocycles. The molecule has 1 saturated heterocycles. The maximum atomic E-state index is 11.9. The first-order valence-electron chi connectivity index (χ1n) is 6.58. The lowest BCUT2D eigenvalue weighted by Crippen LogP contribution is -2.30. The van der Waals surface area contributed by atoms with Crippen molar-refractivity contribution in [2.75, 3.05) is 19.6 Å². The van der Waals surface area contributed by atoms with Crippen LogP contribution in [0.4, 0.5) is 0 Å². The highest BCUT2D eigenvalue weighted by molar-refractivity contribution is 9.10. The van der Waals surface area contributed by atoms with Crippen LogP contribution in [0.2, 0.25) is 5.02 Å². The Morgan fingerprint density at radius 2 is 2.20 bits per heavy atom. The fraction of sp³-hybridized carbons (Fsp3) is 0.429. The van der Waals surface area contributed by atoms with Gasteiger partial charge in [0.25, 0.3) is 5.91 Å². The third-order valence-electron chi connectivity index (χ3n) is 3.19. The van der Waals surface area contributed by atoms with E-state index in [-0.39, 0.29) is 11.8 Å². The average Bonchev–Trinajstić information content (AvgIpc) is 2.79. The van der Waals surface area contributed by atoms with Crippen LogP contribution in [0, 0.1) is 0 Å². The highest BCUT2D eigenvalue weighted by Gasteiger charge is 2.19. The molecule has 1 heterocycles. The molecule has 20 heavy (non-hydrogen) atoms. The first kappa shape index (κ1) is 15.3. The summed E-state index contributed by atoms with van der Waals surface area (Å²) in [6.45, 7) is 2.10. The molecule has 0 bridgehead atoms. The summed E-state index contributed by atoms with van der Waals surface area (Å²) in [5.41, 5.74) is 0.529. The third kappa shape index (κ3) is 4.21. The Hall–Kier alpha value is -1.07. The highest BCUT2D eigenvalue weighted by Crippen LogP contribution is 2.19. The second kappa shape index (κ2) is 7.09. The summed E-state index contributed by atoms with van der Waals surface area (Å²) in [5.74, 6) is 0.0658. The summed E-state index contributed by atoms with van der Waals surface area (Å²) in [6.07, 6.45) is 2.36. The number of carbonyl (C=O) groups is 2. The van der Waals surface area contributed by atoms with Crippen LogP contribution in [0.1, 0.15) is 29.6 Å². The van der Waals surface area contributed by atoms with Gasteiger partial charge in [-0.15, -0.1) is 0 Å². The molecule has 2 rings (SSSR count). The maximum absolute atomic E-state index is 11.9. The number of nitrogens with one attached hydrogen (secondary N) is 1. The fourth-order valence-electron chi connectivity index (χ4n) is 2.20. The second-order valence-electron chi connectivity index (χ2n) is 4.75. The van der Waals surface area contributed by atoms with Crippen molar-refractivity contribution in [3.63, 3.8) is 0 Å². The van der Waals surface area contributed by atoms with Crippen molar-refractivity contribution in [1.29, 1.82) is 0 Å². The van der Waals surface area contributed by atoms with Crippen molar-refractivity contribution in [2.24, 2.45) is 0 Å². The standard InChI is InChI=1S/C14H16BrClN2O2/c15-11-7-10(8-12(16)9-11)14(20)17-4-2-6-18-5-1-3-13(18)19/h7-9H,1-6H2,(H,17,20). The molecule has 0 unspecified atom stereocenters. The van der Waals surface area contributed by atoms with Crippen LogP contribution in [-0.2, 0) is 4.79 Å². The van der Waals surface area contributed by atoms with Gasteiger partial charge in [0.05, 0.1) is 0 Å². The Bertz CT molecular complexity index is 502. The van der Waals surface area contributed by atoms with Gasteiger partial charge in [0, 0.05) is 41.1 Å². The molecule has 0 aromatic heterocycles. The van der Waals surface area contributed by atoms with Crippen molar-refractivity contribution in [3.05, 3.63) is 33.3 Å². The molecule has 0 saturated carbocycles. The zero-order chi connectivity index (χ0) is 14.5. The van der Waals surface area contributed by atoms with Crippen LogP contribution < -0.4 is 5.32 Å². The predicted molar refractivity (Wildman–Crippen MR) is 81.9 cm³/mol. The van der Waals surface area contributed by atoms with E-state index in [4.69, 9.17) is 11.6 Å². The molecule has 1 N–H and O–H groups in total. The maximum Gasteiger partial charge on any atom is 0.251 e. The molecule has 1 aromatic rings. The van der Waals surface area contributed by atoms with E-state index in [1.54, 1.807) is 18.2 Å². The van der Waals surface area contributed by atoms with Gasteiger partial charge in [0.2, 0.25) is 5.91 Å². The monoisotopic (exact) mass is 358 g/mol. The Morgan fingerprint density at radius 3 is 2.85 bits per heavy atom. The Balaban J connectivity index is 1.76. The van der Waals surface area contributed by atoms with Crippen molar-refractivity contribution in [1.82, 2.24) is 10.2 Å². The number of amides is 2. The molecule has 1 aliphatic heterocycles. The number of hydrogen-bond acceptors (Lipinski definition) is 2. The van der Waals surface area contributed by atoms with E-state index in [1.165, 1.54) is 0 Å². The summed E-state index contributed by atoms with van der Waals surface area (Å²) in [6, 6.07) is 5.09. The molecule has 0 radical (unpaired) electrons. The first-order valence-corrected chi connectivity index (χ1v) is 7.75. The largest absolute Gasteiger partial charge is 0.352 e. The zero-order valence-electron chi connectivity index (χ0n) is 11.0. The number of halogens is 2. The molecule has 108 valence electrons. The van der Waals surface area contributed by atoms with Gasteiger partial charge >= 0.3 is 0 Å². The Labute approximate surface area is 131 Å². The molecule has 6 heteroatoms. The number of likely N-dealkylation sites (tertiary alicyclic amines) is 1. The van der Waals surface area contributed by atoms with E-state index in [2.05, 4.69) is 21.2 Å². The quantitative estimate of drug-likeness (QED) is 0.822. The van der Waals surface area contributed by atoms with E-state index in [1.807, 2.05) is 4.90 Å². The van der Waals surface area contributed by atoms with Gasteiger partial charge in [0.1, 0.15) is 0 Å². The van der Waals surface area contributed by atoms with Crippen LogP contribution in [0.25, 0.3) is 0 Å². The lowest BCUT2D eigenvalue weighted by atomic mass is 10.2. The highest BCUT2D eigenvalue weighted by atomic mass is 79.9. The van der Waals surface area contributed by atoms with E-state index in [9.17, 15) is 9.59 Å². The average molecular weight is 360 g/mol. The normalized spacial score (nSPS) is 14.7. The number of rotatable bonds is 5. The summed E-state index contributed by atoms with van der Waals surface area (Å²) >= 11 is 9.21. The van der Waals surface area contributed by atoms with E-state index in [0.29, 0.717) is 30.1 Å². The van der Waals surface area contributed by atoms with Crippen molar-refractivity contribution < 1.29 is 9.59 Å². The van der Waals surface area contributed by atoms with Crippen molar-refractivity contribution >= 4 is 39.3 Å². The van der Waals surface area contributed by atoms with Crippen molar-refractivity contribution in [2.45, 2.75) is 19.3 Å². The van der Waals surface area contributed by atoms with Gasteiger partial charge in [-0.05, 0) is 31.0 Å². The van der Waals surface area contributed by atoms with Gasteiger partial charge < -0.3 is 10.2 Å². The number of nitrogens with zero attached hydrogens (tertiary/aromatic N) is 1. The van der Waals surface area contributed by atoms with Crippen LogP contribution in [0.3, 0.4) is 0 Å². The van der Waals surface area contributed by atoms with Crippen LogP contribution >= 0.6 is 27.5 Å². The number of carbonyl (C=O) groups excluding carboxylic acids is 2. The Morgan fingerprint density at radius 1 is 1.40 bits per heavy atom. The summed E-state index contributed by atoms with van der Waals surface area (Å²) in [7, 11) is 0. The summed E-state index contributed by atoms with van der Waals surface area (Å²) in [5, 5.41) is 3.36. The topological polar surface area (TPSA) is 49.4 Å². The zero-order valence-corrected chi connectivity index (χ0v) is 13.3. The van der Waals surface area contributed by atoms with E-state index < -0.39 is 0 Å². The molecular weight excluding hydrogens is 344 g/mol. The summed E-state index contributed by atoms with van der Waals surface area (Å²) in [4.78, 5) is 25.2. The smallest absolute Gasteiger partial charge is 0.251 e. The molecule has 4 nitrogen and oxygen atoms in total.